The summed E-state index contributed by atoms with van der Waals surface area (Å²) in [5, 5.41) is 3.03. The smallest absolute Gasteiger partial charge is 0.243 e. The van der Waals surface area contributed by atoms with Crippen LogP contribution in [0, 0.1) is 0 Å². The zero-order valence-electron chi connectivity index (χ0n) is 14.1. The highest BCUT2D eigenvalue weighted by molar-refractivity contribution is 7.82. The van der Waals surface area contributed by atoms with Crippen molar-refractivity contribution in [3.8, 4) is 0 Å². The van der Waals surface area contributed by atoms with Crippen molar-refractivity contribution in [1.82, 2.24) is 15.2 Å². The Bertz CT molecular complexity index is 678. The molecule has 0 spiro atoms. The minimum atomic E-state index is -1.02. The summed E-state index contributed by atoms with van der Waals surface area (Å²) in [6.07, 6.45) is 2.17. The first-order valence-corrected chi connectivity index (χ1v) is 8.89. The second kappa shape index (κ2) is 8.47. The summed E-state index contributed by atoms with van der Waals surface area (Å²) in [7, 11) is 0. The number of benzene rings is 1. The summed E-state index contributed by atoms with van der Waals surface area (Å²) in [4.78, 5) is 19.6. The van der Waals surface area contributed by atoms with Gasteiger partial charge in [-0.3, -0.25) is 14.7 Å². The van der Waals surface area contributed by atoms with Gasteiger partial charge in [-0.15, -0.1) is 0 Å². The normalized spacial score (nSPS) is 17.6. The third-order valence-corrected chi connectivity index (χ3v) is 4.92. The molecule has 25 heavy (non-hydrogen) atoms. The van der Waals surface area contributed by atoms with Gasteiger partial charge in [-0.1, -0.05) is 36.4 Å². The van der Waals surface area contributed by atoms with Crippen molar-refractivity contribution >= 4 is 18.5 Å². The van der Waals surface area contributed by atoms with Crippen LogP contribution >= 0.6 is 12.6 Å². The summed E-state index contributed by atoms with van der Waals surface area (Å²) >= 11 is 4.79. The minimum Gasteiger partial charge on any atom is -0.379 e. The van der Waals surface area contributed by atoms with Gasteiger partial charge < -0.3 is 10.1 Å². The van der Waals surface area contributed by atoms with Crippen molar-refractivity contribution in [3.05, 3.63) is 66.0 Å². The highest BCUT2D eigenvalue weighted by Gasteiger charge is 2.38. The lowest BCUT2D eigenvalue weighted by atomic mass is 9.93. The fourth-order valence-corrected chi connectivity index (χ4v) is 3.27. The van der Waals surface area contributed by atoms with Crippen LogP contribution in [0.4, 0.5) is 0 Å². The Morgan fingerprint density at radius 1 is 1.16 bits per heavy atom. The Balaban J connectivity index is 1.76. The van der Waals surface area contributed by atoms with Crippen LogP contribution in [0.3, 0.4) is 0 Å². The second-order valence-electron chi connectivity index (χ2n) is 6.13. The third-order valence-electron chi connectivity index (χ3n) is 4.33. The number of carbonyl (C=O) groups is 1. The second-order valence-corrected chi connectivity index (χ2v) is 6.90. The molecule has 1 N–H and O–H groups in total. The number of morpholine rings is 1. The molecule has 3 rings (SSSR count). The van der Waals surface area contributed by atoms with Gasteiger partial charge in [0.25, 0.3) is 0 Å². The third kappa shape index (κ3) is 4.60. The number of hydrogen-bond donors (Lipinski definition) is 2. The minimum absolute atomic E-state index is 0.134. The number of thiol groups is 1. The molecule has 0 bridgehead atoms. The van der Waals surface area contributed by atoms with Crippen LogP contribution in [0.15, 0.2) is 54.7 Å². The number of amides is 1. The molecule has 1 aromatic carbocycles. The van der Waals surface area contributed by atoms with Crippen molar-refractivity contribution in [3.63, 3.8) is 0 Å². The quantitative estimate of drug-likeness (QED) is 0.775. The summed E-state index contributed by atoms with van der Waals surface area (Å²) < 4.78 is 4.32. The predicted molar refractivity (Wildman–Crippen MR) is 100 cm³/mol. The van der Waals surface area contributed by atoms with Gasteiger partial charge in [0.05, 0.1) is 25.6 Å². The highest BCUT2D eigenvalue weighted by atomic mass is 32.1. The van der Waals surface area contributed by atoms with E-state index in [1.807, 2.05) is 48.5 Å². The number of hydrogen-bond acceptors (Lipinski definition) is 5. The predicted octanol–water partition coefficient (Wildman–Crippen LogP) is 1.86. The molecule has 1 aliphatic rings. The molecule has 1 unspecified atom stereocenters. The summed E-state index contributed by atoms with van der Waals surface area (Å²) in [6, 6.07) is 15.5. The number of aromatic nitrogens is 1. The average Bonchev–Trinajstić information content (AvgIpc) is 2.68. The van der Waals surface area contributed by atoms with Crippen molar-refractivity contribution in [1.29, 1.82) is 0 Å². The Labute approximate surface area is 153 Å². The van der Waals surface area contributed by atoms with Crippen LogP contribution in [-0.2, 0) is 20.7 Å². The number of ether oxygens (including phenoxy) is 1. The lowest BCUT2D eigenvalue weighted by Crippen LogP contribution is -2.49. The summed E-state index contributed by atoms with van der Waals surface area (Å²) in [5.74, 6) is -0.134. The Morgan fingerprint density at radius 3 is 2.56 bits per heavy atom. The zero-order valence-corrected chi connectivity index (χ0v) is 15.0. The SMILES string of the molecule is O=C(NCN1CCOCC1)C(S)(Cc1ccccc1)c1ccccn1. The van der Waals surface area contributed by atoms with E-state index in [9.17, 15) is 4.79 Å². The van der Waals surface area contributed by atoms with E-state index in [0.717, 1.165) is 18.7 Å². The molecule has 2 aromatic rings. The van der Waals surface area contributed by atoms with Gasteiger partial charge in [-0.05, 0) is 17.7 Å². The molecule has 0 radical (unpaired) electrons. The maximum absolute atomic E-state index is 13.0. The van der Waals surface area contributed by atoms with Crippen molar-refractivity contribution in [2.45, 2.75) is 11.2 Å². The fraction of sp³-hybridized carbons (Fsp3) is 0.368. The molecule has 6 heteroatoms. The van der Waals surface area contributed by atoms with E-state index in [4.69, 9.17) is 17.4 Å². The van der Waals surface area contributed by atoms with E-state index in [2.05, 4.69) is 15.2 Å². The number of pyridine rings is 1. The Hall–Kier alpha value is -1.89. The lowest BCUT2D eigenvalue weighted by Gasteiger charge is -2.31. The number of nitrogens with one attached hydrogen (secondary N) is 1. The van der Waals surface area contributed by atoms with Crippen LogP contribution in [0.2, 0.25) is 0 Å². The van der Waals surface area contributed by atoms with Crippen LogP contribution in [0.5, 0.6) is 0 Å². The van der Waals surface area contributed by atoms with E-state index in [1.54, 1.807) is 6.20 Å². The highest BCUT2D eigenvalue weighted by Crippen LogP contribution is 2.31. The van der Waals surface area contributed by atoms with Crippen LogP contribution in [-0.4, -0.2) is 48.8 Å². The molecular weight excluding hydrogens is 334 g/mol. The lowest BCUT2D eigenvalue weighted by molar-refractivity contribution is -0.124. The van der Waals surface area contributed by atoms with E-state index in [0.29, 0.717) is 32.0 Å². The number of carbonyl (C=O) groups excluding carboxylic acids is 1. The van der Waals surface area contributed by atoms with Gasteiger partial charge in [0.2, 0.25) is 5.91 Å². The molecule has 0 aliphatic carbocycles. The summed E-state index contributed by atoms with van der Waals surface area (Å²) in [6.45, 7) is 3.54. The van der Waals surface area contributed by atoms with E-state index >= 15 is 0 Å². The average molecular weight is 357 g/mol. The fourth-order valence-electron chi connectivity index (χ4n) is 2.87. The van der Waals surface area contributed by atoms with Gasteiger partial charge in [0, 0.05) is 25.7 Å². The summed E-state index contributed by atoms with van der Waals surface area (Å²) in [5.41, 5.74) is 1.70. The molecule has 1 aliphatic heterocycles. The zero-order chi connectivity index (χ0) is 17.5. The standard InChI is InChI=1S/C19H23N3O2S/c23-18(21-15-22-10-12-24-13-11-22)19(25,17-8-4-5-9-20-17)14-16-6-2-1-3-7-16/h1-9,25H,10-15H2,(H,21,23). The molecule has 2 heterocycles. The van der Waals surface area contributed by atoms with Crippen LogP contribution < -0.4 is 5.32 Å². The first-order chi connectivity index (χ1) is 12.2. The molecule has 1 aromatic heterocycles. The first kappa shape index (κ1) is 17.9. The Morgan fingerprint density at radius 2 is 1.88 bits per heavy atom. The molecule has 1 fully saturated rings. The van der Waals surface area contributed by atoms with Gasteiger partial charge >= 0.3 is 0 Å². The largest absolute Gasteiger partial charge is 0.379 e. The maximum Gasteiger partial charge on any atom is 0.243 e. The topological polar surface area (TPSA) is 54.5 Å². The van der Waals surface area contributed by atoms with Crippen LogP contribution in [0.25, 0.3) is 0 Å². The van der Waals surface area contributed by atoms with E-state index in [-0.39, 0.29) is 5.91 Å². The molecule has 1 atom stereocenters. The van der Waals surface area contributed by atoms with Crippen molar-refractivity contribution in [2.24, 2.45) is 0 Å². The van der Waals surface area contributed by atoms with Gasteiger partial charge in [-0.2, -0.15) is 12.6 Å². The van der Waals surface area contributed by atoms with Crippen LogP contribution in [0.1, 0.15) is 11.3 Å². The molecule has 1 saturated heterocycles. The van der Waals surface area contributed by atoms with E-state index in [1.165, 1.54) is 0 Å². The monoisotopic (exact) mass is 357 g/mol. The maximum atomic E-state index is 13.0. The first-order valence-electron chi connectivity index (χ1n) is 8.45. The molecule has 1 amide bonds. The molecule has 132 valence electrons. The molecule has 5 nitrogen and oxygen atoms in total. The van der Waals surface area contributed by atoms with Gasteiger partial charge in [-0.25, -0.2) is 0 Å². The number of rotatable bonds is 6. The number of nitrogens with zero attached hydrogens (tertiary/aromatic N) is 2. The van der Waals surface area contributed by atoms with Gasteiger partial charge in [0.15, 0.2) is 0 Å². The van der Waals surface area contributed by atoms with Crippen molar-refractivity contribution in [2.75, 3.05) is 33.0 Å². The van der Waals surface area contributed by atoms with E-state index < -0.39 is 4.75 Å². The van der Waals surface area contributed by atoms with Crippen molar-refractivity contribution < 1.29 is 9.53 Å². The van der Waals surface area contributed by atoms with Gasteiger partial charge in [0.1, 0.15) is 4.75 Å². The molecule has 0 saturated carbocycles. The molecular formula is C19H23N3O2S. The Kier molecular flexibility index (Phi) is 6.07.